The van der Waals surface area contributed by atoms with Crippen molar-refractivity contribution < 1.29 is 23.7 Å². The van der Waals surface area contributed by atoms with Crippen LogP contribution in [0.2, 0.25) is 0 Å². The molecule has 0 amide bonds. The van der Waals surface area contributed by atoms with Crippen LogP contribution in [-0.2, 0) is 9.36 Å². The number of esters is 1. The van der Waals surface area contributed by atoms with Crippen molar-refractivity contribution in [3.05, 3.63) is 72.8 Å². The van der Waals surface area contributed by atoms with Gasteiger partial charge in [-0.2, -0.15) is 0 Å². The summed E-state index contributed by atoms with van der Waals surface area (Å²) in [6.45, 7) is 2.99. The van der Waals surface area contributed by atoms with Crippen molar-refractivity contribution in [1.82, 2.24) is 0 Å². The van der Waals surface area contributed by atoms with Crippen LogP contribution < -0.4 is 14.6 Å². The third-order valence-corrected chi connectivity index (χ3v) is 5.70. The van der Waals surface area contributed by atoms with Crippen molar-refractivity contribution in [1.29, 1.82) is 0 Å². The average molecular weight is 382 g/mol. The molecule has 1 aliphatic rings. The lowest BCUT2D eigenvalue weighted by Crippen LogP contribution is -2.16. The molecular formula is C21H19O5P. The lowest BCUT2D eigenvalue weighted by atomic mass is 10.0. The number of aromatic hydroxyl groups is 1. The molecule has 138 valence electrons. The van der Waals surface area contributed by atoms with Crippen LogP contribution in [-0.4, -0.2) is 17.7 Å². The third-order valence-electron chi connectivity index (χ3n) is 3.89. The number of fused-ring (bicyclic) bond motifs is 3. The van der Waals surface area contributed by atoms with Gasteiger partial charge in [0, 0.05) is 19.2 Å². The minimum atomic E-state index is -2.71. The molecule has 1 atom stereocenters. The summed E-state index contributed by atoms with van der Waals surface area (Å²) in [5.74, 6) is 0.943. The first-order valence-electron chi connectivity index (χ1n) is 8.30. The normalized spacial score (nSPS) is 16.7. The van der Waals surface area contributed by atoms with E-state index in [9.17, 15) is 9.36 Å². The van der Waals surface area contributed by atoms with Gasteiger partial charge in [0.1, 0.15) is 17.2 Å². The molecule has 0 saturated carbocycles. The van der Waals surface area contributed by atoms with Gasteiger partial charge in [0.2, 0.25) is 0 Å². The van der Waals surface area contributed by atoms with Crippen LogP contribution >= 0.6 is 7.37 Å². The number of hydrogen-bond donors (Lipinski definition) is 1. The monoisotopic (exact) mass is 382 g/mol. The van der Waals surface area contributed by atoms with Gasteiger partial charge >= 0.3 is 5.97 Å². The first-order valence-corrected chi connectivity index (χ1v) is 10.4. The van der Waals surface area contributed by atoms with Gasteiger partial charge in [-0.1, -0.05) is 36.4 Å². The Bertz CT molecular complexity index is 1010. The molecule has 0 spiro atoms. The highest BCUT2D eigenvalue weighted by molar-refractivity contribution is 7.67. The van der Waals surface area contributed by atoms with Gasteiger partial charge in [-0.25, -0.2) is 0 Å². The molecule has 0 bridgehead atoms. The largest absolute Gasteiger partial charge is 0.508 e. The number of phenols is 1. The van der Waals surface area contributed by atoms with E-state index in [0.29, 0.717) is 11.5 Å². The van der Waals surface area contributed by atoms with Crippen LogP contribution in [0.25, 0.3) is 11.1 Å². The summed E-state index contributed by atoms with van der Waals surface area (Å²) in [5.41, 5.74) is 2.04. The van der Waals surface area contributed by atoms with E-state index in [1.165, 1.54) is 31.2 Å². The molecule has 1 unspecified atom stereocenters. The molecule has 4 rings (SSSR count). The smallest absolute Gasteiger partial charge is 0.308 e. The van der Waals surface area contributed by atoms with Crippen molar-refractivity contribution in [3.63, 3.8) is 0 Å². The lowest BCUT2D eigenvalue weighted by molar-refractivity contribution is -0.131. The van der Waals surface area contributed by atoms with Gasteiger partial charge in [-0.15, -0.1) is 0 Å². The second-order valence-corrected chi connectivity index (χ2v) is 8.39. The number of hydrogen-bond acceptors (Lipinski definition) is 5. The second-order valence-electron chi connectivity index (χ2n) is 6.04. The number of benzene rings is 3. The van der Waals surface area contributed by atoms with Crippen molar-refractivity contribution in [2.24, 2.45) is 0 Å². The van der Waals surface area contributed by atoms with Gasteiger partial charge in [0.15, 0.2) is 0 Å². The predicted octanol–water partition coefficient (Wildman–Crippen LogP) is 4.60. The average Bonchev–Trinajstić information content (AvgIpc) is 2.64. The van der Waals surface area contributed by atoms with E-state index >= 15 is 0 Å². The van der Waals surface area contributed by atoms with Crippen LogP contribution in [0, 0.1) is 0 Å². The maximum Gasteiger partial charge on any atom is 0.308 e. The number of rotatable bonds is 1. The van der Waals surface area contributed by atoms with E-state index in [1.807, 2.05) is 48.5 Å². The summed E-state index contributed by atoms with van der Waals surface area (Å²) in [6.07, 6.45) is 0. The Morgan fingerprint density at radius 1 is 0.926 bits per heavy atom. The van der Waals surface area contributed by atoms with Crippen LogP contribution in [0.5, 0.6) is 17.2 Å². The Kier molecular flexibility index (Phi) is 5.33. The van der Waals surface area contributed by atoms with Crippen LogP contribution in [0.1, 0.15) is 6.92 Å². The van der Waals surface area contributed by atoms with Crippen molar-refractivity contribution in [3.8, 4) is 28.4 Å². The molecule has 3 aromatic rings. The van der Waals surface area contributed by atoms with E-state index in [2.05, 4.69) is 0 Å². The van der Waals surface area contributed by atoms with E-state index in [1.54, 1.807) is 6.66 Å². The van der Waals surface area contributed by atoms with Crippen molar-refractivity contribution in [2.75, 3.05) is 6.66 Å². The lowest BCUT2D eigenvalue weighted by Gasteiger charge is -2.25. The molecule has 1 aliphatic heterocycles. The topological polar surface area (TPSA) is 72.8 Å². The summed E-state index contributed by atoms with van der Waals surface area (Å²) in [5, 5.41) is 9.66. The second kappa shape index (κ2) is 7.68. The number of para-hydroxylation sites is 1. The Morgan fingerprint density at radius 2 is 1.52 bits per heavy atom. The quantitative estimate of drug-likeness (QED) is 0.378. The molecule has 0 aromatic heterocycles. The highest BCUT2D eigenvalue weighted by atomic mass is 31.2. The molecule has 5 nitrogen and oxygen atoms in total. The van der Waals surface area contributed by atoms with Crippen LogP contribution in [0.15, 0.2) is 72.8 Å². The minimum Gasteiger partial charge on any atom is -0.508 e. The molecule has 3 aromatic carbocycles. The molecule has 27 heavy (non-hydrogen) atoms. The summed E-state index contributed by atoms with van der Waals surface area (Å²) >= 11 is 0. The van der Waals surface area contributed by atoms with E-state index in [4.69, 9.17) is 14.4 Å². The first-order chi connectivity index (χ1) is 12.9. The van der Waals surface area contributed by atoms with Crippen molar-refractivity contribution >= 4 is 18.6 Å². The van der Waals surface area contributed by atoms with Gasteiger partial charge in [0.25, 0.3) is 7.37 Å². The SMILES string of the molecule is CC(=O)Oc1ccc(O)cc1.CP1(=O)Oc2ccccc2-c2ccccc21. The van der Waals surface area contributed by atoms with Crippen LogP contribution in [0.4, 0.5) is 0 Å². The first kappa shape index (κ1) is 18.7. The van der Waals surface area contributed by atoms with Gasteiger partial charge in [-0.05, 0) is 42.0 Å². The number of phenolic OH excluding ortho intramolecular Hbond substituents is 1. The minimum absolute atomic E-state index is 0.154. The highest BCUT2D eigenvalue weighted by Crippen LogP contribution is 2.51. The zero-order chi connectivity index (χ0) is 19.4. The van der Waals surface area contributed by atoms with Crippen LogP contribution in [0.3, 0.4) is 0 Å². The maximum atomic E-state index is 12.4. The Labute approximate surface area is 157 Å². The van der Waals surface area contributed by atoms with Gasteiger partial charge in [-0.3, -0.25) is 9.36 Å². The Morgan fingerprint density at radius 3 is 2.19 bits per heavy atom. The number of carbonyl (C=O) groups excluding carboxylic acids is 1. The summed E-state index contributed by atoms with van der Waals surface area (Å²) in [4.78, 5) is 10.4. The van der Waals surface area contributed by atoms with E-state index in [0.717, 1.165) is 16.4 Å². The maximum absolute atomic E-state index is 12.4. The standard InChI is InChI=1S/C13H11O2P.C8H8O3/c1-16(14)13-9-5-3-7-11(13)10-6-2-4-8-12(10)15-16;1-6(9)11-8-4-2-7(10)3-5-8/h2-9H,1H3;2-5,10H,1H3. The molecule has 6 heteroatoms. The summed E-state index contributed by atoms with van der Waals surface area (Å²) in [6, 6.07) is 21.4. The fourth-order valence-electron chi connectivity index (χ4n) is 2.74. The number of carbonyl (C=O) groups is 1. The van der Waals surface area contributed by atoms with Gasteiger partial charge < -0.3 is 14.4 Å². The molecule has 0 fully saturated rings. The highest BCUT2D eigenvalue weighted by Gasteiger charge is 2.30. The summed E-state index contributed by atoms with van der Waals surface area (Å²) in [7, 11) is -2.71. The van der Waals surface area contributed by atoms with E-state index < -0.39 is 7.37 Å². The number of ether oxygens (including phenoxy) is 1. The zero-order valence-electron chi connectivity index (χ0n) is 15.0. The predicted molar refractivity (Wildman–Crippen MR) is 105 cm³/mol. The molecular weight excluding hydrogens is 363 g/mol. The molecule has 0 radical (unpaired) electrons. The third kappa shape index (κ3) is 4.39. The Hall–Kier alpha value is -3.04. The molecule has 1 N–H and O–H groups in total. The fourth-order valence-corrected chi connectivity index (χ4v) is 4.36. The molecule has 0 aliphatic carbocycles. The molecule has 1 heterocycles. The fraction of sp³-hybridized carbons (Fsp3) is 0.0952. The van der Waals surface area contributed by atoms with Gasteiger partial charge in [0.05, 0.1) is 5.30 Å². The molecule has 0 saturated heterocycles. The van der Waals surface area contributed by atoms with E-state index in [-0.39, 0.29) is 11.7 Å². The zero-order valence-corrected chi connectivity index (χ0v) is 15.9. The Balaban J connectivity index is 0.000000168. The summed E-state index contributed by atoms with van der Waals surface area (Å²) < 4.78 is 22.7. The van der Waals surface area contributed by atoms with Crippen molar-refractivity contribution in [2.45, 2.75) is 6.92 Å².